The van der Waals surface area contributed by atoms with Crippen molar-refractivity contribution in [3.05, 3.63) is 59.9 Å². The van der Waals surface area contributed by atoms with Gasteiger partial charge in [0, 0.05) is 31.7 Å². The second-order valence-electron chi connectivity index (χ2n) is 5.10. The summed E-state index contributed by atoms with van der Waals surface area (Å²) in [5, 5.41) is 2.65. The van der Waals surface area contributed by atoms with Crippen molar-refractivity contribution in [1.29, 1.82) is 0 Å². The highest BCUT2D eigenvalue weighted by Gasteiger charge is 2.18. The van der Waals surface area contributed by atoms with Crippen LogP contribution in [-0.4, -0.2) is 35.3 Å². The Morgan fingerprint density at radius 1 is 1.14 bits per heavy atom. The van der Waals surface area contributed by atoms with Crippen LogP contribution in [0.15, 0.2) is 48.8 Å². The van der Waals surface area contributed by atoms with Gasteiger partial charge in [0.15, 0.2) is 0 Å². The first kappa shape index (κ1) is 15.7. The van der Waals surface area contributed by atoms with Gasteiger partial charge in [-0.1, -0.05) is 18.2 Å². The number of pyridine rings is 1. The summed E-state index contributed by atoms with van der Waals surface area (Å²) in [5.41, 5.74) is 2.65. The third-order valence-electron chi connectivity index (χ3n) is 3.42. The molecule has 2 rings (SSSR count). The van der Waals surface area contributed by atoms with E-state index in [1.165, 1.54) is 4.90 Å². The molecule has 22 heavy (non-hydrogen) atoms. The number of nitrogens with one attached hydrogen (secondary N) is 1. The number of benzene rings is 1. The van der Waals surface area contributed by atoms with Crippen LogP contribution < -0.4 is 5.32 Å². The fraction of sp³-hybridized carbons (Fsp3) is 0.235. The van der Waals surface area contributed by atoms with Gasteiger partial charge in [0.05, 0.1) is 0 Å². The topological polar surface area (TPSA) is 62.3 Å². The molecule has 0 fully saturated rings. The van der Waals surface area contributed by atoms with E-state index in [0.29, 0.717) is 18.7 Å². The predicted molar refractivity (Wildman–Crippen MR) is 85.4 cm³/mol. The number of carbonyl (C=O) groups is 2. The van der Waals surface area contributed by atoms with Crippen LogP contribution in [0.2, 0.25) is 0 Å². The summed E-state index contributed by atoms with van der Waals surface area (Å²) in [6.07, 6.45) is 4.10. The fourth-order valence-electron chi connectivity index (χ4n) is 2.01. The zero-order valence-electron chi connectivity index (χ0n) is 12.7. The number of carbonyl (C=O) groups excluding carboxylic acids is 2. The van der Waals surface area contributed by atoms with Crippen molar-refractivity contribution >= 4 is 17.5 Å². The number of hydrogen-bond donors (Lipinski definition) is 1. The van der Waals surface area contributed by atoms with Gasteiger partial charge in [-0.25, -0.2) is 0 Å². The zero-order valence-corrected chi connectivity index (χ0v) is 12.7. The summed E-state index contributed by atoms with van der Waals surface area (Å²) in [4.78, 5) is 29.5. The molecule has 1 N–H and O–H groups in total. The van der Waals surface area contributed by atoms with Gasteiger partial charge in [-0.05, 0) is 42.7 Å². The maximum absolute atomic E-state index is 12.1. The van der Waals surface area contributed by atoms with E-state index in [-0.39, 0.29) is 0 Å². The molecule has 0 saturated carbocycles. The van der Waals surface area contributed by atoms with Crippen molar-refractivity contribution in [1.82, 2.24) is 9.88 Å². The molecular formula is C17H19N3O2. The molecule has 0 aliphatic heterocycles. The summed E-state index contributed by atoms with van der Waals surface area (Å²) >= 11 is 0. The normalized spacial score (nSPS) is 10.1. The number of nitrogens with zero attached hydrogens (tertiary/aromatic N) is 2. The van der Waals surface area contributed by atoms with Gasteiger partial charge in [0.2, 0.25) is 0 Å². The smallest absolute Gasteiger partial charge is 0.313 e. The van der Waals surface area contributed by atoms with E-state index >= 15 is 0 Å². The van der Waals surface area contributed by atoms with Crippen LogP contribution in [0.4, 0.5) is 5.69 Å². The van der Waals surface area contributed by atoms with E-state index in [1.54, 1.807) is 25.5 Å². The second kappa shape index (κ2) is 7.36. The Hall–Kier alpha value is -2.69. The lowest BCUT2D eigenvalue weighted by Crippen LogP contribution is -2.38. The molecule has 2 amide bonds. The van der Waals surface area contributed by atoms with Gasteiger partial charge in [-0.2, -0.15) is 0 Å². The zero-order chi connectivity index (χ0) is 15.9. The highest BCUT2D eigenvalue weighted by Crippen LogP contribution is 2.13. The summed E-state index contributed by atoms with van der Waals surface area (Å²) in [7, 11) is 1.63. The molecule has 0 saturated heterocycles. The minimum absolute atomic E-state index is 0.476. The molecule has 0 atom stereocenters. The Labute approximate surface area is 130 Å². The van der Waals surface area contributed by atoms with E-state index in [4.69, 9.17) is 0 Å². The average molecular weight is 297 g/mol. The highest BCUT2D eigenvalue weighted by molar-refractivity contribution is 6.39. The first-order chi connectivity index (χ1) is 10.6. The molecule has 0 radical (unpaired) electrons. The van der Waals surface area contributed by atoms with Crippen molar-refractivity contribution in [3.8, 4) is 0 Å². The van der Waals surface area contributed by atoms with E-state index in [1.807, 2.05) is 37.3 Å². The standard InChI is InChI=1S/C17H19N3O2/c1-13-5-3-4-6-15(13)19-16(21)17(22)20(2)12-9-14-7-10-18-11-8-14/h3-8,10-11H,9,12H2,1-2H3,(H,19,21). The van der Waals surface area contributed by atoms with Crippen molar-refractivity contribution < 1.29 is 9.59 Å². The number of amides is 2. The lowest BCUT2D eigenvalue weighted by atomic mass is 10.2. The van der Waals surface area contributed by atoms with E-state index < -0.39 is 11.8 Å². The predicted octanol–water partition coefficient (Wildman–Crippen LogP) is 2.03. The van der Waals surface area contributed by atoms with Crippen molar-refractivity contribution in [2.75, 3.05) is 18.9 Å². The minimum atomic E-state index is -0.619. The number of anilines is 1. The first-order valence-corrected chi connectivity index (χ1v) is 7.09. The fourth-order valence-corrected chi connectivity index (χ4v) is 2.01. The Kier molecular flexibility index (Phi) is 5.25. The van der Waals surface area contributed by atoms with Crippen molar-refractivity contribution in [3.63, 3.8) is 0 Å². The van der Waals surface area contributed by atoms with E-state index in [9.17, 15) is 9.59 Å². The van der Waals surface area contributed by atoms with E-state index in [0.717, 1.165) is 11.1 Å². The molecule has 1 heterocycles. The number of aromatic nitrogens is 1. The minimum Gasteiger partial charge on any atom is -0.337 e. The number of aryl methyl sites for hydroxylation is 1. The average Bonchev–Trinajstić information content (AvgIpc) is 2.55. The molecule has 0 aliphatic carbocycles. The van der Waals surface area contributed by atoms with Crippen molar-refractivity contribution in [2.24, 2.45) is 0 Å². The summed E-state index contributed by atoms with van der Waals surface area (Å²) in [6, 6.07) is 11.1. The molecule has 0 unspecified atom stereocenters. The molecule has 1 aromatic carbocycles. The van der Waals surface area contributed by atoms with Crippen LogP contribution in [0.3, 0.4) is 0 Å². The van der Waals surface area contributed by atoms with Crippen molar-refractivity contribution in [2.45, 2.75) is 13.3 Å². The summed E-state index contributed by atoms with van der Waals surface area (Å²) in [5.74, 6) is -1.16. The Bertz CT molecular complexity index is 656. The molecule has 2 aromatic rings. The van der Waals surface area contributed by atoms with Crippen LogP contribution in [0.25, 0.3) is 0 Å². The molecule has 114 valence electrons. The van der Waals surface area contributed by atoms with Crippen LogP contribution in [-0.2, 0) is 16.0 Å². The second-order valence-corrected chi connectivity index (χ2v) is 5.10. The molecule has 0 spiro atoms. The molecular weight excluding hydrogens is 278 g/mol. The monoisotopic (exact) mass is 297 g/mol. The van der Waals surface area contributed by atoms with Crippen LogP contribution in [0, 0.1) is 6.92 Å². The Morgan fingerprint density at radius 3 is 2.50 bits per heavy atom. The quantitative estimate of drug-likeness (QED) is 0.878. The number of para-hydroxylation sites is 1. The lowest BCUT2D eigenvalue weighted by Gasteiger charge is -2.17. The largest absolute Gasteiger partial charge is 0.337 e. The van der Waals surface area contributed by atoms with E-state index in [2.05, 4.69) is 10.3 Å². The third-order valence-corrected chi connectivity index (χ3v) is 3.42. The Morgan fingerprint density at radius 2 is 1.82 bits per heavy atom. The highest BCUT2D eigenvalue weighted by atomic mass is 16.2. The van der Waals surface area contributed by atoms with Crippen LogP contribution in [0.5, 0.6) is 0 Å². The Balaban J connectivity index is 1.90. The summed E-state index contributed by atoms with van der Waals surface area (Å²) < 4.78 is 0. The van der Waals surface area contributed by atoms with Gasteiger partial charge in [-0.3, -0.25) is 14.6 Å². The van der Waals surface area contributed by atoms with Gasteiger partial charge in [0.1, 0.15) is 0 Å². The number of hydrogen-bond acceptors (Lipinski definition) is 3. The third kappa shape index (κ3) is 4.15. The summed E-state index contributed by atoms with van der Waals surface area (Å²) in [6.45, 7) is 2.36. The van der Waals surface area contributed by atoms with Gasteiger partial charge >= 0.3 is 11.8 Å². The number of rotatable bonds is 4. The van der Waals surface area contributed by atoms with Crippen LogP contribution >= 0.6 is 0 Å². The first-order valence-electron chi connectivity index (χ1n) is 7.09. The molecule has 0 bridgehead atoms. The van der Waals surface area contributed by atoms with Gasteiger partial charge in [-0.15, -0.1) is 0 Å². The maximum Gasteiger partial charge on any atom is 0.313 e. The number of likely N-dealkylation sites (N-methyl/N-ethyl adjacent to an activating group) is 1. The lowest BCUT2D eigenvalue weighted by molar-refractivity contribution is -0.142. The van der Waals surface area contributed by atoms with Gasteiger partial charge < -0.3 is 10.2 Å². The van der Waals surface area contributed by atoms with Gasteiger partial charge in [0.25, 0.3) is 0 Å². The van der Waals surface area contributed by atoms with Crippen LogP contribution in [0.1, 0.15) is 11.1 Å². The molecule has 0 aliphatic rings. The maximum atomic E-state index is 12.1. The SMILES string of the molecule is Cc1ccccc1NC(=O)C(=O)N(C)CCc1ccncc1. The molecule has 5 nitrogen and oxygen atoms in total. The molecule has 1 aromatic heterocycles. The molecule has 5 heteroatoms.